The van der Waals surface area contributed by atoms with Crippen LogP contribution in [0.1, 0.15) is 17.3 Å². The van der Waals surface area contributed by atoms with Crippen LogP contribution >= 0.6 is 0 Å². The summed E-state index contributed by atoms with van der Waals surface area (Å²) < 4.78 is 15.5. The lowest BCUT2D eigenvalue weighted by Crippen LogP contribution is -2.21. The van der Waals surface area contributed by atoms with Gasteiger partial charge in [0.05, 0.1) is 19.3 Å². The van der Waals surface area contributed by atoms with E-state index >= 15 is 0 Å². The molecular weight excluding hydrogens is 312 g/mol. The number of carbonyl (C=O) groups is 2. The summed E-state index contributed by atoms with van der Waals surface area (Å²) in [5.41, 5.74) is 0.313. The number of amides is 1. The number of hydrogen-bond donors (Lipinski definition) is 1. The van der Waals surface area contributed by atoms with Crippen LogP contribution in [0.15, 0.2) is 42.6 Å². The highest BCUT2D eigenvalue weighted by molar-refractivity contribution is 5.94. The van der Waals surface area contributed by atoms with Crippen LogP contribution in [0.25, 0.3) is 0 Å². The molecule has 1 aromatic carbocycles. The van der Waals surface area contributed by atoms with Crippen LogP contribution in [-0.4, -0.2) is 37.2 Å². The van der Waals surface area contributed by atoms with Crippen LogP contribution in [-0.2, 0) is 9.53 Å². The van der Waals surface area contributed by atoms with E-state index in [2.05, 4.69) is 10.3 Å². The Kier molecular flexibility index (Phi) is 6.13. The predicted octanol–water partition coefficient (Wildman–Crippen LogP) is 2.28. The number of nitrogens with one attached hydrogen (secondary N) is 1. The van der Waals surface area contributed by atoms with Crippen molar-refractivity contribution in [3.8, 4) is 11.5 Å². The minimum absolute atomic E-state index is 0.217. The van der Waals surface area contributed by atoms with Crippen molar-refractivity contribution in [3.63, 3.8) is 0 Å². The fourth-order valence-corrected chi connectivity index (χ4v) is 1.90. The zero-order valence-electron chi connectivity index (χ0n) is 13.4. The van der Waals surface area contributed by atoms with Gasteiger partial charge >= 0.3 is 5.97 Å². The molecule has 1 heterocycles. The summed E-state index contributed by atoms with van der Waals surface area (Å²) in [4.78, 5) is 27.6. The zero-order valence-corrected chi connectivity index (χ0v) is 13.4. The van der Waals surface area contributed by atoms with Gasteiger partial charge in [-0.3, -0.25) is 4.79 Å². The first kappa shape index (κ1) is 17.3. The number of para-hydroxylation sites is 2. The fraction of sp³-hybridized carbons (Fsp3) is 0.235. The first-order valence-corrected chi connectivity index (χ1v) is 7.33. The molecule has 1 amide bonds. The Labute approximate surface area is 139 Å². The van der Waals surface area contributed by atoms with Crippen LogP contribution < -0.4 is 14.8 Å². The van der Waals surface area contributed by atoms with Crippen molar-refractivity contribution in [3.05, 3.63) is 48.2 Å². The van der Waals surface area contributed by atoms with E-state index in [1.54, 1.807) is 31.2 Å². The molecule has 2 aromatic rings. The van der Waals surface area contributed by atoms with Crippen molar-refractivity contribution in [1.29, 1.82) is 0 Å². The van der Waals surface area contributed by atoms with Gasteiger partial charge in [0.2, 0.25) is 0 Å². The van der Waals surface area contributed by atoms with Crippen LogP contribution in [0.3, 0.4) is 0 Å². The molecule has 0 bridgehead atoms. The summed E-state index contributed by atoms with van der Waals surface area (Å²) in [6.45, 7) is 1.78. The number of hydrogen-bond acceptors (Lipinski definition) is 6. The minimum Gasteiger partial charge on any atom is -0.493 e. The zero-order chi connectivity index (χ0) is 17.4. The molecule has 0 saturated carbocycles. The molecule has 1 N–H and O–H groups in total. The third kappa shape index (κ3) is 4.70. The van der Waals surface area contributed by atoms with Gasteiger partial charge in [-0.05, 0) is 31.2 Å². The first-order chi connectivity index (χ1) is 11.6. The Bertz CT molecular complexity index is 718. The molecule has 126 valence electrons. The summed E-state index contributed by atoms with van der Waals surface area (Å²) in [7, 11) is 1.52. The average molecular weight is 330 g/mol. The van der Waals surface area contributed by atoms with Crippen molar-refractivity contribution < 1.29 is 23.8 Å². The van der Waals surface area contributed by atoms with Crippen molar-refractivity contribution >= 4 is 17.7 Å². The maximum atomic E-state index is 12.0. The highest BCUT2D eigenvalue weighted by Crippen LogP contribution is 2.25. The van der Waals surface area contributed by atoms with Gasteiger partial charge in [0.1, 0.15) is 5.82 Å². The maximum Gasteiger partial charge on any atom is 0.338 e. The smallest absolute Gasteiger partial charge is 0.338 e. The number of ether oxygens (including phenoxy) is 3. The topological polar surface area (TPSA) is 86.8 Å². The van der Waals surface area contributed by atoms with Gasteiger partial charge in [0.25, 0.3) is 5.91 Å². The first-order valence-electron chi connectivity index (χ1n) is 7.33. The Morgan fingerprint density at radius 2 is 1.92 bits per heavy atom. The number of rotatable bonds is 7. The third-order valence-corrected chi connectivity index (χ3v) is 2.97. The van der Waals surface area contributed by atoms with Gasteiger partial charge in [0, 0.05) is 6.20 Å². The predicted molar refractivity (Wildman–Crippen MR) is 87.3 cm³/mol. The highest BCUT2D eigenvalue weighted by Gasteiger charge is 2.11. The van der Waals surface area contributed by atoms with Crippen LogP contribution in [0.4, 0.5) is 5.82 Å². The number of methoxy groups -OCH3 is 1. The summed E-state index contributed by atoms with van der Waals surface area (Å²) in [5.74, 6) is 0.361. The van der Waals surface area contributed by atoms with Crippen molar-refractivity contribution in [2.24, 2.45) is 0 Å². The van der Waals surface area contributed by atoms with Gasteiger partial charge in [-0.1, -0.05) is 12.1 Å². The molecule has 1 aromatic heterocycles. The van der Waals surface area contributed by atoms with Gasteiger partial charge in [-0.15, -0.1) is 0 Å². The summed E-state index contributed by atoms with van der Waals surface area (Å²) >= 11 is 0. The van der Waals surface area contributed by atoms with Crippen molar-refractivity contribution in [1.82, 2.24) is 4.98 Å². The molecule has 0 atom stereocenters. The monoisotopic (exact) mass is 330 g/mol. The molecule has 0 radical (unpaired) electrons. The Morgan fingerprint density at radius 3 is 2.62 bits per heavy atom. The molecule has 0 aliphatic heterocycles. The molecule has 2 rings (SSSR count). The lowest BCUT2D eigenvalue weighted by Gasteiger charge is -2.10. The molecule has 24 heavy (non-hydrogen) atoms. The molecule has 7 nitrogen and oxygen atoms in total. The minimum atomic E-state index is -0.472. The maximum absolute atomic E-state index is 12.0. The summed E-state index contributed by atoms with van der Waals surface area (Å²) in [5, 5.41) is 2.56. The number of esters is 1. The van der Waals surface area contributed by atoms with E-state index in [0.29, 0.717) is 17.1 Å². The normalized spacial score (nSPS) is 9.92. The summed E-state index contributed by atoms with van der Waals surface area (Å²) in [6.07, 6.45) is 1.42. The van der Waals surface area contributed by atoms with E-state index in [4.69, 9.17) is 14.2 Å². The summed E-state index contributed by atoms with van der Waals surface area (Å²) in [6, 6.07) is 9.97. The average Bonchev–Trinajstić information content (AvgIpc) is 2.60. The van der Waals surface area contributed by atoms with E-state index in [0.717, 1.165) is 0 Å². The molecule has 0 aliphatic rings. The SMILES string of the molecule is CCOC(=O)c1ccnc(NC(=O)COc2ccccc2OC)c1. The molecule has 0 spiro atoms. The van der Waals surface area contributed by atoms with Crippen LogP contribution in [0.5, 0.6) is 11.5 Å². The number of benzene rings is 1. The van der Waals surface area contributed by atoms with Gasteiger partial charge in [0.15, 0.2) is 18.1 Å². The van der Waals surface area contributed by atoms with Gasteiger partial charge in [-0.25, -0.2) is 9.78 Å². The van der Waals surface area contributed by atoms with E-state index in [9.17, 15) is 9.59 Å². The second kappa shape index (κ2) is 8.52. The van der Waals surface area contributed by atoms with E-state index < -0.39 is 11.9 Å². The Balaban J connectivity index is 1.95. The van der Waals surface area contributed by atoms with E-state index in [1.165, 1.54) is 25.4 Å². The van der Waals surface area contributed by atoms with Crippen molar-refractivity contribution in [2.75, 3.05) is 25.6 Å². The Hall–Kier alpha value is -3.09. The number of nitrogens with zero attached hydrogens (tertiary/aromatic N) is 1. The van der Waals surface area contributed by atoms with Crippen LogP contribution in [0.2, 0.25) is 0 Å². The number of anilines is 1. The standard InChI is InChI=1S/C17H18N2O5/c1-3-23-17(21)12-8-9-18-15(10-12)19-16(20)11-24-14-7-5-4-6-13(14)22-2/h4-10H,3,11H2,1-2H3,(H,18,19,20). The molecule has 0 fully saturated rings. The fourth-order valence-electron chi connectivity index (χ4n) is 1.90. The highest BCUT2D eigenvalue weighted by atomic mass is 16.5. The van der Waals surface area contributed by atoms with Gasteiger partial charge < -0.3 is 19.5 Å². The third-order valence-electron chi connectivity index (χ3n) is 2.97. The lowest BCUT2D eigenvalue weighted by atomic mass is 10.2. The van der Waals surface area contributed by atoms with Gasteiger partial charge in [-0.2, -0.15) is 0 Å². The molecule has 7 heteroatoms. The van der Waals surface area contributed by atoms with E-state index in [-0.39, 0.29) is 19.0 Å². The number of pyridine rings is 1. The molecule has 0 aliphatic carbocycles. The van der Waals surface area contributed by atoms with Crippen LogP contribution in [0, 0.1) is 0 Å². The number of aromatic nitrogens is 1. The molecule has 0 unspecified atom stereocenters. The Morgan fingerprint density at radius 1 is 1.17 bits per heavy atom. The second-order valence-electron chi connectivity index (χ2n) is 4.64. The largest absolute Gasteiger partial charge is 0.493 e. The quantitative estimate of drug-likeness (QED) is 0.784. The second-order valence-corrected chi connectivity index (χ2v) is 4.64. The van der Waals surface area contributed by atoms with Crippen molar-refractivity contribution in [2.45, 2.75) is 6.92 Å². The lowest BCUT2D eigenvalue weighted by molar-refractivity contribution is -0.118. The van der Waals surface area contributed by atoms with E-state index in [1.807, 2.05) is 0 Å². The molecule has 0 saturated heterocycles. The molecular formula is C17H18N2O5. The number of carbonyl (C=O) groups excluding carboxylic acids is 2.